The van der Waals surface area contributed by atoms with Gasteiger partial charge in [-0.25, -0.2) is 27.6 Å². The number of rotatable bonds is 17. The molecule has 2 atom stereocenters. The summed E-state index contributed by atoms with van der Waals surface area (Å²) in [5.74, 6) is -2.34. The monoisotopic (exact) mass is 868 g/mol. The van der Waals surface area contributed by atoms with E-state index in [1.165, 1.54) is 47.3 Å². The van der Waals surface area contributed by atoms with E-state index in [1.807, 2.05) is 42.5 Å². The van der Waals surface area contributed by atoms with E-state index >= 15 is 4.39 Å². The lowest BCUT2D eigenvalue weighted by molar-refractivity contribution is -0.146. The summed E-state index contributed by atoms with van der Waals surface area (Å²) in [6, 6.07) is 29.5. The summed E-state index contributed by atoms with van der Waals surface area (Å²) >= 11 is 1.33. The van der Waals surface area contributed by atoms with Crippen LogP contribution in [0.3, 0.4) is 0 Å². The van der Waals surface area contributed by atoms with E-state index in [2.05, 4.69) is 55.1 Å². The molecule has 0 spiro atoms. The van der Waals surface area contributed by atoms with Crippen molar-refractivity contribution in [2.45, 2.75) is 67.6 Å². The van der Waals surface area contributed by atoms with Crippen molar-refractivity contribution in [1.29, 1.82) is 5.26 Å². The lowest BCUT2D eigenvalue weighted by atomic mass is 9.86. The molecule has 0 bridgehead atoms. The Balaban J connectivity index is 1.29. The number of hydrogen-bond acceptors (Lipinski definition) is 9. The second kappa shape index (κ2) is 20.4. The third-order valence-corrected chi connectivity index (χ3v) is 17.1. The molecule has 15 heteroatoms. The zero-order valence-corrected chi connectivity index (χ0v) is 35.8. The van der Waals surface area contributed by atoms with Crippen LogP contribution in [0.15, 0.2) is 128 Å². The van der Waals surface area contributed by atoms with Crippen LogP contribution in [0.4, 0.5) is 18.0 Å². The molecule has 1 fully saturated rings. The van der Waals surface area contributed by atoms with Gasteiger partial charge < -0.3 is 23.7 Å². The van der Waals surface area contributed by atoms with Crippen molar-refractivity contribution >= 4 is 42.7 Å². The summed E-state index contributed by atoms with van der Waals surface area (Å²) in [5.41, 5.74) is -1.58. The number of aromatic nitrogens is 3. The van der Waals surface area contributed by atoms with Crippen molar-refractivity contribution in [3.63, 3.8) is 0 Å². The van der Waals surface area contributed by atoms with E-state index < -0.39 is 49.1 Å². The van der Waals surface area contributed by atoms with Gasteiger partial charge in [0.15, 0.2) is 11.9 Å². The zero-order chi connectivity index (χ0) is 43.5. The summed E-state index contributed by atoms with van der Waals surface area (Å²) in [6.07, 6.45) is 7.42. The predicted molar refractivity (Wildman–Crippen MR) is 230 cm³/mol. The first-order valence-electron chi connectivity index (χ1n) is 19.7. The Hall–Kier alpha value is -5.50. The summed E-state index contributed by atoms with van der Waals surface area (Å²) in [6.45, 7) is 6.86. The molecule has 4 aromatic carbocycles. The fourth-order valence-electron chi connectivity index (χ4n) is 7.69. The van der Waals surface area contributed by atoms with Gasteiger partial charge in [0.05, 0.1) is 41.9 Å². The first-order chi connectivity index (χ1) is 29.3. The molecule has 0 unspecified atom stereocenters. The number of nitriles is 1. The number of nitrogens with zero attached hydrogens (tertiary/aromatic N) is 4. The molecule has 318 valence electrons. The average Bonchev–Trinajstić information content (AvgIpc) is 3.75. The Morgan fingerprint density at radius 3 is 2.25 bits per heavy atom. The largest absolute Gasteiger partial charge is 0.506 e. The van der Waals surface area contributed by atoms with Crippen LogP contribution in [0.5, 0.6) is 0 Å². The number of carbonyl (C=O) groups is 1. The van der Waals surface area contributed by atoms with Gasteiger partial charge in [-0.3, -0.25) is 0 Å². The summed E-state index contributed by atoms with van der Waals surface area (Å²) in [5, 5.41) is 24.2. The minimum Gasteiger partial charge on any atom is -0.450 e. The van der Waals surface area contributed by atoms with Crippen LogP contribution in [-0.4, -0.2) is 71.0 Å². The molecule has 0 saturated carbocycles. The fraction of sp³-hybridized carbons (Fsp3) is 0.304. The van der Waals surface area contributed by atoms with Crippen LogP contribution in [0.25, 0.3) is 6.08 Å². The van der Waals surface area contributed by atoms with Crippen LogP contribution >= 0.6 is 11.8 Å². The lowest BCUT2D eigenvalue weighted by Gasteiger charge is -2.43. The van der Waals surface area contributed by atoms with Crippen molar-refractivity contribution in [1.82, 2.24) is 14.8 Å². The molecule has 1 aromatic heterocycles. The van der Waals surface area contributed by atoms with E-state index in [-0.39, 0.29) is 54.2 Å². The summed E-state index contributed by atoms with van der Waals surface area (Å²) in [4.78, 5) is 16.7. The number of carboxylic acid groups (broad SMARTS) is 1. The first kappa shape index (κ1) is 45.0. The van der Waals surface area contributed by atoms with Crippen LogP contribution in [0, 0.1) is 28.8 Å². The molecule has 1 N–H and O–H groups in total. The molecule has 0 amide bonds. The first-order valence-corrected chi connectivity index (χ1v) is 22.6. The smallest absolute Gasteiger partial charge is 0.450 e. The second-order valence-electron chi connectivity index (χ2n) is 15.5. The van der Waals surface area contributed by atoms with Crippen molar-refractivity contribution in [3.05, 3.63) is 162 Å². The van der Waals surface area contributed by atoms with Gasteiger partial charge in [0.1, 0.15) is 30.1 Å². The topological polar surface area (TPSA) is 129 Å². The molecule has 2 heterocycles. The molecule has 61 heavy (non-hydrogen) atoms. The van der Waals surface area contributed by atoms with Crippen molar-refractivity contribution in [3.8, 4) is 6.07 Å². The number of thioether (sulfide) groups is 1. The maximum Gasteiger partial charge on any atom is 0.506 e. The zero-order valence-electron chi connectivity index (χ0n) is 34.0. The van der Waals surface area contributed by atoms with Gasteiger partial charge in [-0.15, -0.1) is 11.8 Å². The standard InChI is InChI=1S/C46H47F3N4O6SSi/c1-45(2,3)61(37-14-6-4-7-15-37,38-16-8-5-9-17-38)58-24-12-18-42(46(59-44(54)55,30-53-32-51-31-52-53)39-23-22-35(47)26-41(39)49)60-36-28-56-43(57-29-36)19-11-10-13-34-21-20-33(27-50)25-40(34)48/h4-11,13-17,19-23,25-26,31-32,36,42-43H,12,18,24,28-30H2,1-3H3,(H,54,55)/t36-,42-,43-,46+/m1/s1. The van der Waals surface area contributed by atoms with Gasteiger partial charge in [-0.2, -0.15) is 10.4 Å². The number of allylic oxidation sites excluding steroid dienone is 2. The van der Waals surface area contributed by atoms with Crippen LogP contribution < -0.4 is 10.4 Å². The molecule has 5 aromatic rings. The van der Waals surface area contributed by atoms with Gasteiger partial charge >= 0.3 is 6.16 Å². The van der Waals surface area contributed by atoms with E-state index in [0.717, 1.165) is 22.5 Å². The van der Waals surface area contributed by atoms with E-state index in [9.17, 15) is 18.7 Å². The maximum absolute atomic E-state index is 16.1. The molecule has 0 radical (unpaired) electrons. The van der Waals surface area contributed by atoms with E-state index in [4.69, 9.17) is 23.9 Å². The van der Waals surface area contributed by atoms with E-state index in [1.54, 1.807) is 24.3 Å². The maximum atomic E-state index is 16.1. The SMILES string of the molecule is CC(C)(C)[Si](OCCC[C@@H](S[C@H]1CO[C@H](C=CC=Cc2ccc(C#N)cc2F)OC1)[C@@](Cn1cncn1)(OC(=O)O)c1ccc(F)cc1F)(c1ccccc1)c1ccccc1. The molecule has 6 rings (SSSR count). The highest BCUT2D eigenvalue weighted by molar-refractivity contribution is 8.00. The Kier molecular flexibility index (Phi) is 15.0. The highest BCUT2D eigenvalue weighted by Crippen LogP contribution is 2.45. The molecule has 10 nitrogen and oxygen atoms in total. The van der Waals surface area contributed by atoms with Gasteiger partial charge in [0.2, 0.25) is 0 Å². The van der Waals surface area contributed by atoms with Crippen molar-refractivity contribution < 1.29 is 41.7 Å². The normalized spacial score (nSPS) is 17.5. The minimum atomic E-state index is -2.95. The molecule has 1 saturated heterocycles. The lowest BCUT2D eigenvalue weighted by Crippen LogP contribution is -2.66. The van der Waals surface area contributed by atoms with Crippen LogP contribution in [0.2, 0.25) is 5.04 Å². The average molecular weight is 869 g/mol. The Labute approximate surface area is 358 Å². The highest BCUT2D eigenvalue weighted by Gasteiger charge is 2.51. The Bertz CT molecular complexity index is 2280. The van der Waals surface area contributed by atoms with Crippen molar-refractivity contribution in [2.24, 2.45) is 0 Å². The fourth-order valence-corrected chi connectivity index (χ4v) is 13.8. The summed E-state index contributed by atoms with van der Waals surface area (Å²) in [7, 11) is -2.95. The Morgan fingerprint density at radius 1 is 0.984 bits per heavy atom. The van der Waals surface area contributed by atoms with Crippen molar-refractivity contribution in [2.75, 3.05) is 19.8 Å². The van der Waals surface area contributed by atoms with Gasteiger partial charge in [0, 0.05) is 23.8 Å². The third-order valence-electron chi connectivity index (χ3n) is 10.4. The van der Waals surface area contributed by atoms with Crippen LogP contribution in [-0.2, 0) is 30.8 Å². The van der Waals surface area contributed by atoms with Gasteiger partial charge in [-0.1, -0.05) is 106 Å². The molecular formula is C46H47F3N4O6SSi. The quantitative estimate of drug-likeness (QED) is 0.0420. The Morgan fingerprint density at radius 2 is 1.67 bits per heavy atom. The number of ether oxygens (including phenoxy) is 3. The van der Waals surface area contributed by atoms with Crippen LogP contribution in [0.1, 0.15) is 50.3 Å². The molecule has 0 aliphatic carbocycles. The predicted octanol–water partition coefficient (Wildman–Crippen LogP) is 8.63. The number of benzene rings is 4. The highest BCUT2D eigenvalue weighted by atomic mass is 32.2. The van der Waals surface area contributed by atoms with E-state index in [0.29, 0.717) is 18.1 Å². The molecule has 1 aliphatic rings. The summed E-state index contributed by atoms with van der Waals surface area (Å²) < 4.78 is 71.4. The number of hydrogen-bond donors (Lipinski definition) is 1. The third kappa shape index (κ3) is 10.9. The van der Waals surface area contributed by atoms with Gasteiger partial charge in [-0.05, 0) is 58.6 Å². The second-order valence-corrected chi connectivity index (χ2v) is 21.3. The minimum absolute atomic E-state index is 0.166. The number of halogens is 3. The molecular weight excluding hydrogens is 822 g/mol. The molecule has 1 aliphatic heterocycles. The van der Waals surface area contributed by atoms with Gasteiger partial charge in [0.25, 0.3) is 8.32 Å².